The topological polar surface area (TPSA) is 29.3 Å². The van der Waals surface area contributed by atoms with Crippen molar-refractivity contribution in [2.75, 3.05) is 6.54 Å². The Labute approximate surface area is 83.2 Å². The lowest BCUT2D eigenvalue weighted by atomic mass is 10.2. The number of nitrogens with two attached hydrogens (primary N) is 1. The fraction of sp³-hybridized carbons (Fsp3) is 1.00. The molecule has 1 aliphatic heterocycles. The van der Waals surface area contributed by atoms with E-state index in [9.17, 15) is 0 Å². The van der Waals surface area contributed by atoms with Gasteiger partial charge in [-0.1, -0.05) is 22.6 Å². The molecule has 2 atom stereocenters. The second kappa shape index (κ2) is 3.68. The van der Waals surface area contributed by atoms with Crippen molar-refractivity contribution in [3.8, 4) is 0 Å². The van der Waals surface area contributed by atoms with Crippen molar-refractivity contribution in [3.05, 3.63) is 0 Å². The van der Waals surface area contributed by atoms with Gasteiger partial charge in [0.25, 0.3) is 0 Å². The Balaban J connectivity index is 2.41. The Morgan fingerprint density at radius 2 is 2.22 bits per heavy atom. The maximum absolute atomic E-state index is 5.54. The van der Waals surface area contributed by atoms with E-state index >= 15 is 0 Å². The molecule has 1 heterocycles. The quantitative estimate of drug-likeness (QED) is 0.336. The molecule has 0 aromatic heterocycles. The van der Waals surface area contributed by atoms with Crippen LogP contribution in [0.25, 0.3) is 0 Å². The third kappa shape index (κ3) is 1.90. The van der Waals surface area contributed by atoms with Crippen molar-refractivity contribution in [2.45, 2.75) is 22.9 Å². The molecular weight excluding hydrogens is 342 g/mol. The zero-order valence-electron chi connectivity index (χ0n) is 5.06. The van der Waals surface area contributed by atoms with Crippen LogP contribution in [-0.4, -0.2) is 19.7 Å². The largest absolute Gasteiger partial charge is 0.329 e. The standard InChI is InChI=1S/C5H10I2N2/c6-5-2-1-4(3-8)9(5)7/h4-5H,1-3,8H2/t4-,5-/m1/s1. The molecular formula is C5H10I2N2. The molecule has 0 bridgehead atoms. The summed E-state index contributed by atoms with van der Waals surface area (Å²) in [5.74, 6) is 0. The summed E-state index contributed by atoms with van der Waals surface area (Å²) in [6.45, 7) is 0.808. The first-order chi connectivity index (χ1) is 4.25. The summed E-state index contributed by atoms with van der Waals surface area (Å²) in [4.78, 5) is 0. The van der Waals surface area contributed by atoms with Gasteiger partial charge in [-0.2, -0.15) is 0 Å². The van der Waals surface area contributed by atoms with Crippen LogP contribution in [0.5, 0.6) is 0 Å². The highest BCUT2D eigenvalue weighted by molar-refractivity contribution is 14.1. The van der Waals surface area contributed by atoms with Gasteiger partial charge in [-0.15, -0.1) is 0 Å². The Morgan fingerprint density at radius 1 is 1.56 bits per heavy atom. The fourth-order valence-electron chi connectivity index (χ4n) is 1.02. The highest BCUT2D eigenvalue weighted by Gasteiger charge is 2.28. The molecule has 0 unspecified atom stereocenters. The molecule has 0 radical (unpaired) electrons. The summed E-state index contributed by atoms with van der Waals surface area (Å²) in [5, 5.41) is 0. The predicted octanol–water partition coefficient (Wildman–Crippen LogP) is 1.52. The second-order valence-electron chi connectivity index (χ2n) is 2.25. The van der Waals surface area contributed by atoms with E-state index in [-0.39, 0.29) is 0 Å². The van der Waals surface area contributed by atoms with Crippen molar-refractivity contribution in [3.63, 3.8) is 0 Å². The molecule has 0 aliphatic carbocycles. The SMILES string of the molecule is NC[C@H]1CC[C@H](I)N1I. The summed E-state index contributed by atoms with van der Waals surface area (Å²) in [6, 6.07) is 0.632. The van der Waals surface area contributed by atoms with E-state index in [0.717, 1.165) is 6.54 Å². The van der Waals surface area contributed by atoms with Crippen LogP contribution in [0.1, 0.15) is 12.8 Å². The third-order valence-corrected chi connectivity index (χ3v) is 5.38. The number of hydrogen-bond acceptors (Lipinski definition) is 2. The number of nitrogens with zero attached hydrogens (tertiary/aromatic N) is 1. The maximum atomic E-state index is 5.54. The Hall–Kier alpha value is 1.38. The fourth-order valence-corrected chi connectivity index (χ4v) is 2.62. The highest BCUT2D eigenvalue weighted by atomic mass is 127. The van der Waals surface area contributed by atoms with E-state index < -0.39 is 0 Å². The number of rotatable bonds is 1. The van der Waals surface area contributed by atoms with Crippen molar-refractivity contribution in [1.82, 2.24) is 3.11 Å². The van der Waals surface area contributed by atoms with Gasteiger partial charge < -0.3 is 5.73 Å². The van der Waals surface area contributed by atoms with Crippen LogP contribution in [-0.2, 0) is 0 Å². The van der Waals surface area contributed by atoms with Gasteiger partial charge in [0.05, 0.1) is 4.05 Å². The molecule has 1 aliphatic rings. The lowest BCUT2D eigenvalue weighted by molar-refractivity contribution is 0.469. The normalized spacial score (nSPS) is 37.7. The van der Waals surface area contributed by atoms with Gasteiger partial charge in [0, 0.05) is 35.5 Å². The van der Waals surface area contributed by atoms with Crippen molar-refractivity contribution in [1.29, 1.82) is 0 Å². The van der Waals surface area contributed by atoms with Crippen LogP contribution in [0.3, 0.4) is 0 Å². The lowest BCUT2D eigenvalue weighted by Crippen LogP contribution is -2.30. The van der Waals surface area contributed by atoms with Crippen molar-refractivity contribution >= 4 is 45.5 Å². The number of hydrogen-bond donors (Lipinski definition) is 1. The van der Waals surface area contributed by atoms with Gasteiger partial charge in [-0.25, -0.2) is 3.11 Å². The summed E-state index contributed by atoms with van der Waals surface area (Å²) >= 11 is 4.83. The van der Waals surface area contributed by atoms with Crippen LogP contribution in [0.2, 0.25) is 0 Å². The molecule has 1 rings (SSSR count). The molecule has 0 aromatic rings. The molecule has 9 heavy (non-hydrogen) atoms. The van der Waals surface area contributed by atoms with Gasteiger partial charge in [0.1, 0.15) is 0 Å². The van der Waals surface area contributed by atoms with E-state index in [2.05, 4.69) is 48.6 Å². The molecule has 1 fully saturated rings. The molecule has 54 valence electrons. The summed E-state index contributed by atoms with van der Waals surface area (Å²) < 4.78 is 3.04. The van der Waals surface area contributed by atoms with Crippen LogP contribution < -0.4 is 5.73 Å². The number of halogens is 2. The average Bonchev–Trinajstić information content (AvgIpc) is 2.15. The minimum absolute atomic E-state index is 0.632. The van der Waals surface area contributed by atoms with Gasteiger partial charge in [0.15, 0.2) is 0 Å². The van der Waals surface area contributed by atoms with Crippen LogP contribution in [0.15, 0.2) is 0 Å². The molecule has 0 amide bonds. The van der Waals surface area contributed by atoms with E-state index in [4.69, 9.17) is 5.73 Å². The third-order valence-electron chi connectivity index (χ3n) is 1.63. The number of alkyl halides is 1. The van der Waals surface area contributed by atoms with Crippen LogP contribution in [0, 0.1) is 0 Å². The molecule has 0 aromatic carbocycles. The molecule has 0 saturated carbocycles. The first-order valence-corrected chi connectivity index (χ1v) is 5.25. The lowest BCUT2D eigenvalue weighted by Gasteiger charge is -2.17. The first-order valence-electron chi connectivity index (χ1n) is 3.04. The van der Waals surface area contributed by atoms with Crippen LogP contribution >= 0.6 is 45.5 Å². The van der Waals surface area contributed by atoms with Crippen LogP contribution in [0.4, 0.5) is 0 Å². The first kappa shape index (κ1) is 8.48. The average molecular weight is 352 g/mol. The Bertz CT molecular complexity index is 99.0. The zero-order chi connectivity index (χ0) is 6.85. The van der Waals surface area contributed by atoms with E-state index in [1.807, 2.05) is 0 Å². The summed E-state index contributed by atoms with van der Waals surface area (Å²) in [7, 11) is 0. The predicted molar refractivity (Wildman–Crippen MR) is 55.7 cm³/mol. The smallest absolute Gasteiger partial charge is 0.0713 e. The summed E-state index contributed by atoms with van der Waals surface area (Å²) in [5.41, 5.74) is 5.54. The summed E-state index contributed by atoms with van der Waals surface area (Å²) in [6.07, 6.45) is 2.57. The Morgan fingerprint density at radius 3 is 2.44 bits per heavy atom. The van der Waals surface area contributed by atoms with E-state index in [0.29, 0.717) is 10.1 Å². The van der Waals surface area contributed by atoms with Gasteiger partial charge in [-0.05, 0) is 12.8 Å². The highest BCUT2D eigenvalue weighted by Crippen LogP contribution is 2.30. The molecule has 0 spiro atoms. The van der Waals surface area contributed by atoms with Crippen molar-refractivity contribution < 1.29 is 0 Å². The van der Waals surface area contributed by atoms with E-state index in [1.54, 1.807) is 0 Å². The molecule has 2 N–H and O–H groups in total. The minimum Gasteiger partial charge on any atom is -0.329 e. The zero-order valence-corrected chi connectivity index (χ0v) is 9.37. The van der Waals surface area contributed by atoms with Gasteiger partial charge >= 0.3 is 0 Å². The monoisotopic (exact) mass is 352 g/mol. The second-order valence-corrected chi connectivity index (χ2v) is 4.80. The minimum atomic E-state index is 0.632. The van der Waals surface area contributed by atoms with Gasteiger partial charge in [-0.3, -0.25) is 0 Å². The molecule has 1 saturated heterocycles. The van der Waals surface area contributed by atoms with Gasteiger partial charge in [0.2, 0.25) is 0 Å². The molecule has 2 nitrogen and oxygen atoms in total. The van der Waals surface area contributed by atoms with E-state index in [1.165, 1.54) is 12.8 Å². The van der Waals surface area contributed by atoms with Crippen molar-refractivity contribution in [2.24, 2.45) is 5.73 Å². The maximum Gasteiger partial charge on any atom is 0.0713 e. The Kier molecular flexibility index (Phi) is 3.47. The molecule has 4 heteroatoms.